The minimum atomic E-state index is -3.70. The summed E-state index contributed by atoms with van der Waals surface area (Å²) in [6.07, 6.45) is 3.16. The van der Waals surface area contributed by atoms with Gasteiger partial charge in [-0.05, 0) is 17.7 Å². The molecule has 0 saturated heterocycles. The first-order valence-corrected chi connectivity index (χ1v) is 7.35. The largest absolute Gasteiger partial charge is 0.347 e. The average Bonchev–Trinajstić information content (AvgIpc) is 2.90. The molecule has 4 N–H and O–H groups in total. The van der Waals surface area contributed by atoms with E-state index < -0.39 is 10.0 Å². The lowest BCUT2D eigenvalue weighted by atomic mass is 10.2. The van der Waals surface area contributed by atoms with Gasteiger partial charge < -0.3 is 10.7 Å². The molecule has 19 heavy (non-hydrogen) atoms. The lowest BCUT2D eigenvalue weighted by molar-refractivity contribution is 0.579. The zero-order valence-corrected chi connectivity index (χ0v) is 11.5. The summed E-state index contributed by atoms with van der Waals surface area (Å²) in [4.78, 5) is 6.76. The standard InChI is InChI=1S/C11H13ClN4O2S/c12-9-2-1-8(6-13)5-10(9)19(17,18)16-7-11-14-3-4-15-11/h1-5,16H,6-7,13H2,(H,14,15). The highest BCUT2D eigenvalue weighted by Crippen LogP contribution is 2.22. The molecule has 1 aromatic heterocycles. The van der Waals surface area contributed by atoms with E-state index in [9.17, 15) is 8.42 Å². The quantitative estimate of drug-likeness (QED) is 0.767. The predicted molar refractivity (Wildman–Crippen MR) is 72.0 cm³/mol. The second-order valence-electron chi connectivity index (χ2n) is 3.83. The SMILES string of the molecule is NCc1ccc(Cl)c(S(=O)(=O)NCc2ncc[nH]2)c1. The molecule has 1 heterocycles. The summed E-state index contributed by atoms with van der Waals surface area (Å²) >= 11 is 5.91. The van der Waals surface area contributed by atoms with E-state index in [1.165, 1.54) is 12.1 Å². The topological polar surface area (TPSA) is 101 Å². The minimum absolute atomic E-state index is 0.0173. The number of H-pyrrole nitrogens is 1. The lowest BCUT2D eigenvalue weighted by Crippen LogP contribution is -2.24. The molecule has 0 fully saturated rings. The monoisotopic (exact) mass is 300 g/mol. The summed E-state index contributed by atoms with van der Waals surface area (Å²) in [6.45, 7) is 0.316. The zero-order valence-electron chi connectivity index (χ0n) is 9.93. The van der Waals surface area contributed by atoms with Crippen molar-refractivity contribution in [1.82, 2.24) is 14.7 Å². The van der Waals surface area contributed by atoms with Gasteiger partial charge in [0.1, 0.15) is 10.7 Å². The molecule has 0 aliphatic heterocycles. The molecule has 0 atom stereocenters. The van der Waals surface area contributed by atoms with Crippen molar-refractivity contribution >= 4 is 21.6 Å². The Bertz CT molecular complexity index is 655. The molecule has 0 saturated carbocycles. The number of nitrogens with one attached hydrogen (secondary N) is 2. The molecule has 2 aromatic rings. The third kappa shape index (κ3) is 3.32. The number of nitrogens with zero attached hydrogens (tertiary/aromatic N) is 1. The summed E-state index contributed by atoms with van der Waals surface area (Å²) in [6, 6.07) is 4.67. The van der Waals surface area contributed by atoms with Crippen molar-refractivity contribution < 1.29 is 8.42 Å². The number of aromatic amines is 1. The molecule has 8 heteroatoms. The van der Waals surface area contributed by atoms with Gasteiger partial charge in [-0.3, -0.25) is 0 Å². The van der Waals surface area contributed by atoms with E-state index in [2.05, 4.69) is 14.7 Å². The lowest BCUT2D eigenvalue weighted by Gasteiger charge is -2.08. The van der Waals surface area contributed by atoms with E-state index in [0.29, 0.717) is 11.4 Å². The first-order chi connectivity index (χ1) is 9.03. The van der Waals surface area contributed by atoms with Gasteiger partial charge in [-0.2, -0.15) is 0 Å². The van der Waals surface area contributed by atoms with E-state index in [-0.39, 0.29) is 23.0 Å². The van der Waals surface area contributed by atoms with Crippen molar-refractivity contribution in [3.05, 3.63) is 47.0 Å². The fourth-order valence-electron chi connectivity index (χ4n) is 1.52. The average molecular weight is 301 g/mol. The molecule has 0 unspecified atom stereocenters. The Morgan fingerprint density at radius 1 is 1.42 bits per heavy atom. The van der Waals surface area contributed by atoms with Crippen molar-refractivity contribution in [2.75, 3.05) is 0 Å². The number of hydrogen-bond acceptors (Lipinski definition) is 4. The van der Waals surface area contributed by atoms with Crippen LogP contribution in [0.15, 0.2) is 35.5 Å². The third-order valence-electron chi connectivity index (χ3n) is 2.51. The smallest absolute Gasteiger partial charge is 0.242 e. The van der Waals surface area contributed by atoms with Crippen molar-refractivity contribution in [3.63, 3.8) is 0 Å². The zero-order chi connectivity index (χ0) is 13.9. The van der Waals surface area contributed by atoms with Crippen LogP contribution in [-0.4, -0.2) is 18.4 Å². The molecule has 0 spiro atoms. The third-order valence-corrected chi connectivity index (χ3v) is 4.39. The summed E-state index contributed by atoms with van der Waals surface area (Å²) in [5.74, 6) is 0.523. The van der Waals surface area contributed by atoms with E-state index in [1.807, 2.05) is 0 Å². The van der Waals surface area contributed by atoms with Crippen LogP contribution in [0.2, 0.25) is 5.02 Å². The van der Waals surface area contributed by atoms with Crippen LogP contribution in [0.4, 0.5) is 0 Å². The number of halogens is 1. The van der Waals surface area contributed by atoms with Crippen molar-refractivity contribution in [1.29, 1.82) is 0 Å². The van der Waals surface area contributed by atoms with Gasteiger partial charge in [-0.1, -0.05) is 17.7 Å². The highest BCUT2D eigenvalue weighted by atomic mass is 35.5. The van der Waals surface area contributed by atoms with Gasteiger partial charge in [0, 0.05) is 18.9 Å². The predicted octanol–water partition coefficient (Wildman–Crippen LogP) is 1.00. The fraction of sp³-hybridized carbons (Fsp3) is 0.182. The van der Waals surface area contributed by atoms with Crippen LogP contribution in [0.3, 0.4) is 0 Å². The van der Waals surface area contributed by atoms with Gasteiger partial charge in [0.15, 0.2) is 0 Å². The molecule has 102 valence electrons. The molecular weight excluding hydrogens is 288 g/mol. The number of nitrogens with two attached hydrogens (primary N) is 1. The van der Waals surface area contributed by atoms with Crippen LogP contribution >= 0.6 is 11.6 Å². The van der Waals surface area contributed by atoms with Crippen LogP contribution < -0.4 is 10.5 Å². The minimum Gasteiger partial charge on any atom is -0.347 e. The van der Waals surface area contributed by atoms with E-state index in [0.717, 1.165) is 0 Å². The molecule has 1 aromatic carbocycles. The summed E-state index contributed by atoms with van der Waals surface area (Å²) < 4.78 is 26.7. The number of rotatable bonds is 5. The Labute approximate surface area is 116 Å². The van der Waals surface area contributed by atoms with E-state index in [1.54, 1.807) is 18.5 Å². The highest BCUT2D eigenvalue weighted by Gasteiger charge is 2.18. The fourth-order valence-corrected chi connectivity index (χ4v) is 3.05. The highest BCUT2D eigenvalue weighted by molar-refractivity contribution is 7.89. The number of hydrogen-bond donors (Lipinski definition) is 3. The Morgan fingerprint density at radius 3 is 2.84 bits per heavy atom. The molecular formula is C11H13ClN4O2S. The first-order valence-electron chi connectivity index (χ1n) is 5.49. The Morgan fingerprint density at radius 2 is 2.21 bits per heavy atom. The maximum atomic E-state index is 12.1. The molecule has 0 bridgehead atoms. The van der Waals surface area contributed by atoms with Crippen LogP contribution in [0.5, 0.6) is 0 Å². The van der Waals surface area contributed by atoms with Gasteiger partial charge >= 0.3 is 0 Å². The Kier molecular flexibility index (Phi) is 4.20. The van der Waals surface area contributed by atoms with Crippen LogP contribution in [-0.2, 0) is 23.1 Å². The molecule has 2 rings (SSSR count). The molecule has 6 nitrogen and oxygen atoms in total. The maximum absolute atomic E-state index is 12.1. The van der Waals surface area contributed by atoms with Gasteiger partial charge in [0.25, 0.3) is 0 Å². The van der Waals surface area contributed by atoms with Gasteiger partial charge in [-0.15, -0.1) is 0 Å². The summed E-state index contributed by atoms with van der Waals surface area (Å²) in [5.41, 5.74) is 6.19. The van der Waals surface area contributed by atoms with Crippen molar-refractivity contribution in [2.45, 2.75) is 18.0 Å². The first kappa shape index (κ1) is 14.0. The van der Waals surface area contributed by atoms with Crippen LogP contribution in [0.25, 0.3) is 0 Å². The Balaban J connectivity index is 2.23. The number of aromatic nitrogens is 2. The van der Waals surface area contributed by atoms with E-state index >= 15 is 0 Å². The maximum Gasteiger partial charge on any atom is 0.242 e. The number of imidazole rings is 1. The number of sulfonamides is 1. The van der Waals surface area contributed by atoms with Crippen LogP contribution in [0.1, 0.15) is 11.4 Å². The number of benzene rings is 1. The Hall–Kier alpha value is -1.41. The van der Waals surface area contributed by atoms with Crippen LogP contribution in [0, 0.1) is 0 Å². The second-order valence-corrected chi connectivity index (χ2v) is 5.97. The normalized spacial score (nSPS) is 11.7. The summed E-state index contributed by atoms with van der Waals surface area (Å²) in [7, 11) is -3.70. The van der Waals surface area contributed by atoms with Crippen molar-refractivity contribution in [3.8, 4) is 0 Å². The van der Waals surface area contributed by atoms with Gasteiger partial charge in [0.2, 0.25) is 10.0 Å². The van der Waals surface area contributed by atoms with Gasteiger partial charge in [0.05, 0.1) is 11.6 Å². The second kappa shape index (κ2) is 5.70. The molecule has 0 aliphatic rings. The van der Waals surface area contributed by atoms with Gasteiger partial charge in [-0.25, -0.2) is 18.1 Å². The summed E-state index contributed by atoms with van der Waals surface area (Å²) in [5, 5.41) is 0.157. The molecule has 0 amide bonds. The molecule has 0 aliphatic carbocycles. The van der Waals surface area contributed by atoms with E-state index in [4.69, 9.17) is 17.3 Å². The van der Waals surface area contributed by atoms with Crippen molar-refractivity contribution in [2.24, 2.45) is 5.73 Å². The molecule has 0 radical (unpaired) electrons.